The van der Waals surface area contributed by atoms with Crippen molar-refractivity contribution in [1.82, 2.24) is 15.3 Å². The summed E-state index contributed by atoms with van der Waals surface area (Å²) in [6.07, 6.45) is 6.30. The van der Waals surface area contributed by atoms with E-state index in [0.29, 0.717) is 51.7 Å². The lowest BCUT2D eigenvalue weighted by Crippen LogP contribution is -2.47. The van der Waals surface area contributed by atoms with E-state index in [1.54, 1.807) is 6.07 Å². The number of nitrogens with zero attached hydrogens (tertiary/aromatic N) is 3. The topological polar surface area (TPSA) is 93.4 Å². The quantitative estimate of drug-likeness (QED) is 0.642. The molecule has 1 unspecified atom stereocenters. The van der Waals surface area contributed by atoms with Crippen LogP contribution in [0.4, 0.5) is 5.82 Å². The van der Waals surface area contributed by atoms with Gasteiger partial charge in [-0.15, -0.1) is 0 Å². The molecule has 0 bridgehead atoms. The number of benzene rings is 1. The number of carbonyl (C=O) groups excluding carboxylic acids is 1. The van der Waals surface area contributed by atoms with Crippen molar-refractivity contribution in [2.24, 2.45) is 11.1 Å². The molecule has 1 saturated carbocycles. The zero-order chi connectivity index (χ0) is 23.9. The van der Waals surface area contributed by atoms with Crippen LogP contribution in [-0.2, 0) is 4.74 Å². The van der Waals surface area contributed by atoms with E-state index in [4.69, 9.17) is 43.6 Å². The van der Waals surface area contributed by atoms with E-state index < -0.39 is 0 Å². The number of carbonyl (C=O) groups is 1. The van der Waals surface area contributed by atoms with E-state index in [-0.39, 0.29) is 23.4 Å². The highest BCUT2D eigenvalue weighted by atomic mass is 35.5. The van der Waals surface area contributed by atoms with Gasteiger partial charge in [0.15, 0.2) is 11.5 Å². The molecule has 3 heterocycles. The lowest BCUT2D eigenvalue weighted by Gasteiger charge is -2.42. The Bertz CT molecular complexity index is 1080. The van der Waals surface area contributed by atoms with Crippen molar-refractivity contribution in [3.8, 4) is 11.3 Å². The minimum atomic E-state index is -0.241. The molecule has 9 heteroatoms. The van der Waals surface area contributed by atoms with Crippen molar-refractivity contribution in [3.63, 3.8) is 0 Å². The van der Waals surface area contributed by atoms with E-state index in [9.17, 15) is 4.79 Å². The molecular weight excluding hydrogens is 473 g/mol. The Balaban J connectivity index is 1.50. The maximum atomic E-state index is 13.4. The fraction of sp³-hybridized carbons (Fsp3) is 0.560. The number of hydrogen-bond donors (Lipinski definition) is 2. The van der Waals surface area contributed by atoms with Crippen molar-refractivity contribution >= 4 is 34.9 Å². The molecule has 1 amide bonds. The summed E-state index contributed by atoms with van der Waals surface area (Å²) in [6.45, 7) is 4.68. The SMILES string of the molecule is Cc1nc(N2CCC3(CCC[C@H]3N)CC2)c(C(=O)NC2CCOC2)nc1-c1cccc(Cl)c1Cl. The monoisotopic (exact) mass is 503 g/mol. The van der Waals surface area contributed by atoms with Gasteiger partial charge in [-0.3, -0.25) is 4.79 Å². The smallest absolute Gasteiger partial charge is 0.274 e. The van der Waals surface area contributed by atoms with Crippen LogP contribution in [0.15, 0.2) is 18.2 Å². The second-order valence-electron chi connectivity index (χ2n) is 9.81. The second-order valence-corrected chi connectivity index (χ2v) is 10.6. The van der Waals surface area contributed by atoms with E-state index in [0.717, 1.165) is 38.8 Å². The number of aromatic nitrogens is 2. The molecular formula is C25H31Cl2N5O2. The van der Waals surface area contributed by atoms with Gasteiger partial charge in [-0.2, -0.15) is 0 Å². The lowest BCUT2D eigenvalue weighted by molar-refractivity contribution is 0.0924. The van der Waals surface area contributed by atoms with Gasteiger partial charge >= 0.3 is 0 Å². The summed E-state index contributed by atoms with van der Waals surface area (Å²) >= 11 is 12.8. The predicted octanol–water partition coefficient (Wildman–Crippen LogP) is 4.38. The largest absolute Gasteiger partial charge is 0.379 e. The van der Waals surface area contributed by atoms with Crippen LogP contribution in [0.3, 0.4) is 0 Å². The summed E-state index contributed by atoms with van der Waals surface area (Å²) < 4.78 is 5.44. The fourth-order valence-electron chi connectivity index (χ4n) is 5.67. The Morgan fingerprint density at radius 3 is 2.68 bits per heavy atom. The molecule has 5 rings (SSSR count). The van der Waals surface area contributed by atoms with Crippen molar-refractivity contribution in [2.75, 3.05) is 31.2 Å². The minimum Gasteiger partial charge on any atom is -0.379 e. The molecule has 2 saturated heterocycles. The molecule has 2 aromatic rings. The second kappa shape index (κ2) is 9.61. The molecule has 1 aromatic carbocycles. The highest BCUT2D eigenvalue weighted by molar-refractivity contribution is 6.43. The Hall–Kier alpha value is -1.93. The molecule has 3 fully saturated rings. The number of amides is 1. The fourth-order valence-corrected chi connectivity index (χ4v) is 6.06. The molecule has 1 aliphatic carbocycles. The first kappa shape index (κ1) is 23.8. The third-order valence-corrected chi connectivity index (χ3v) is 8.59. The normalized spacial score (nSPS) is 24.1. The van der Waals surface area contributed by atoms with Crippen LogP contribution >= 0.6 is 23.2 Å². The Morgan fingerprint density at radius 2 is 2.00 bits per heavy atom. The minimum absolute atomic E-state index is 0.0252. The third kappa shape index (κ3) is 4.39. The van der Waals surface area contributed by atoms with Gasteiger partial charge < -0.3 is 20.7 Å². The third-order valence-electron chi connectivity index (χ3n) is 7.77. The summed E-state index contributed by atoms with van der Waals surface area (Å²) in [5.41, 5.74) is 8.96. The number of nitrogens with one attached hydrogen (secondary N) is 1. The van der Waals surface area contributed by atoms with E-state index in [1.807, 2.05) is 19.1 Å². The van der Waals surface area contributed by atoms with Gasteiger partial charge in [-0.1, -0.05) is 41.8 Å². The maximum absolute atomic E-state index is 13.4. The number of hydrogen-bond acceptors (Lipinski definition) is 6. The molecule has 3 aliphatic rings. The number of piperidine rings is 1. The van der Waals surface area contributed by atoms with E-state index in [1.165, 1.54) is 12.8 Å². The highest BCUT2D eigenvalue weighted by Crippen LogP contribution is 2.46. The molecule has 182 valence electrons. The van der Waals surface area contributed by atoms with Crippen molar-refractivity contribution in [1.29, 1.82) is 0 Å². The molecule has 2 atom stereocenters. The number of halogens is 2. The molecule has 7 nitrogen and oxygen atoms in total. The number of nitrogens with two attached hydrogens (primary N) is 1. The molecule has 3 N–H and O–H groups in total. The van der Waals surface area contributed by atoms with Crippen LogP contribution in [0.5, 0.6) is 0 Å². The van der Waals surface area contributed by atoms with Gasteiger partial charge in [0, 0.05) is 31.3 Å². The maximum Gasteiger partial charge on any atom is 0.274 e. The van der Waals surface area contributed by atoms with Crippen LogP contribution in [0.25, 0.3) is 11.3 Å². The van der Waals surface area contributed by atoms with Crippen molar-refractivity contribution in [3.05, 3.63) is 39.6 Å². The summed E-state index contributed by atoms with van der Waals surface area (Å²) in [5, 5.41) is 3.92. The van der Waals surface area contributed by atoms with Crippen molar-refractivity contribution in [2.45, 2.75) is 57.5 Å². The number of rotatable bonds is 4. The molecule has 1 spiro atoms. The van der Waals surface area contributed by atoms with Crippen molar-refractivity contribution < 1.29 is 9.53 Å². The first-order valence-corrected chi connectivity index (χ1v) is 12.9. The van der Waals surface area contributed by atoms with E-state index >= 15 is 0 Å². The van der Waals surface area contributed by atoms with Gasteiger partial charge in [0.1, 0.15) is 0 Å². The van der Waals surface area contributed by atoms with Crippen LogP contribution in [0, 0.1) is 12.3 Å². The summed E-state index contributed by atoms with van der Waals surface area (Å²) in [5.74, 6) is 0.382. The Kier molecular flexibility index (Phi) is 6.73. The van der Waals surface area contributed by atoms with Gasteiger partial charge in [-0.05, 0) is 50.5 Å². The van der Waals surface area contributed by atoms with Gasteiger partial charge in [0.05, 0.1) is 34.1 Å². The highest BCUT2D eigenvalue weighted by Gasteiger charge is 2.43. The summed E-state index contributed by atoms with van der Waals surface area (Å²) in [6, 6.07) is 5.64. The first-order valence-electron chi connectivity index (χ1n) is 12.1. The standard InChI is InChI=1S/C25H31Cl2N5O2/c1-15-21(17-4-2-5-18(26)20(17)27)31-22(24(33)30-16-7-13-34-14-16)23(29-15)32-11-9-25(10-12-32)8-3-6-19(25)28/h2,4-5,16,19H,3,6-14,28H2,1H3,(H,30,33)/t16?,19-/m1/s1. The molecule has 0 radical (unpaired) electrons. The zero-order valence-corrected chi connectivity index (χ0v) is 21.0. The number of anilines is 1. The molecule has 1 aromatic heterocycles. The molecule has 2 aliphatic heterocycles. The van der Waals surface area contributed by atoms with Gasteiger partial charge in [0.25, 0.3) is 5.91 Å². The van der Waals surface area contributed by atoms with Gasteiger partial charge in [-0.25, -0.2) is 9.97 Å². The number of ether oxygens (including phenoxy) is 1. The Morgan fingerprint density at radius 1 is 1.21 bits per heavy atom. The molecule has 34 heavy (non-hydrogen) atoms. The van der Waals surface area contributed by atoms with Crippen LogP contribution < -0.4 is 16.0 Å². The average Bonchev–Trinajstić information content (AvgIpc) is 3.46. The first-order chi connectivity index (χ1) is 16.4. The Labute approximate surface area is 210 Å². The van der Waals surface area contributed by atoms with Gasteiger partial charge in [0.2, 0.25) is 0 Å². The lowest BCUT2D eigenvalue weighted by atomic mass is 9.74. The van der Waals surface area contributed by atoms with Crippen LogP contribution in [0.1, 0.15) is 54.7 Å². The van der Waals surface area contributed by atoms with Crippen LogP contribution in [-0.4, -0.2) is 54.3 Å². The zero-order valence-electron chi connectivity index (χ0n) is 19.4. The predicted molar refractivity (Wildman–Crippen MR) is 135 cm³/mol. The van der Waals surface area contributed by atoms with E-state index in [2.05, 4.69) is 10.2 Å². The summed E-state index contributed by atoms with van der Waals surface area (Å²) in [7, 11) is 0. The summed E-state index contributed by atoms with van der Waals surface area (Å²) in [4.78, 5) is 25.4. The number of aryl methyl sites for hydroxylation is 1. The van der Waals surface area contributed by atoms with Crippen LogP contribution in [0.2, 0.25) is 10.0 Å². The average molecular weight is 504 g/mol.